The van der Waals surface area contributed by atoms with Gasteiger partial charge in [-0.15, -0.1) is 10.2 Å². The van der Waals surface area contributed by atoms with Crippen molar-refractivity contribution in [3.63, 3.8) is 0 Å². The zero-order valence-corrected chi connectivity index (χ0v) is 11.6. The molecule has 0 spiro atoms. The summed E-state index contributed by atoms with van der Waals surface area (Å²) in [7, 11) is 0. The summed E-state index contributed by atoms with van der Waals surface area (Å²) >= 11 is 3.41. The molecule has 0 aliphatic heterocycles. The Hall–Kier alpha value is -2.01. The molecule has 2 aromatic carbocycles. The van der Waals surface area contributed by atoms with Gasteiger partial charge in [0.05, 0.1) is 5.52 Å². The summed E-state index contributed by atoms with van der Waals surface area (Å²) in [6.45, 7) is 0.674. The van der Waals surface area contributed by atoms with Crippen LogP contribution in [0.1, 0.15) is 5.56 Å². The van der Waals surface area contributed by atoms with E-state index in [0.717, 1.165) is 15.5 Å². The van der Waals surface area contributed by atoms with Gasteiger partial charge in [-0.2, -0.15) is 0 Å². The number of rotatable bonds is 3. The van der Waals surface area contributed by atoms with Crippen molar-refractivity contribution in [1.82, 2.24) is 15.2 Å². The van der Waals surface area contributed by atoms with E-state index in [4.69, 9.17) is 0 Å². The van der Waals surface area contributed by atoms with Gasteiger partial charge >= 0.3 is 0 Å². The topological polar surface area (TPSA) is 50.7 Å². The van der Waals surface area contributed by atoms with E-state index in [0.29, 0.717) is 12.5 Å². The van der Waals surface area contributed by atoms with E-state index in [1.807, 2.05) is 48.5 Å². The van der Waals surface area contributed by atoms with Crippen molar-refractivity contribution >= 4 is 32.9 Å². The van der Waals surface area contributed by atoms with Gasteiger partial charge in [0.25, 0.3) is 0 Å². The van der Waals surface area contributed by atoms with Crippen molar-refractivity contribution in [2.45, 2.75) is 6.54 Å². The maximum atomic E-state index is 4.41. The lowest BCUT2D eigenvalue weighted by molar-refractivity contribution is 0.984. The maximum Gasteiger partial charge on any atom is 0.243 e. The van der Waals surface area contributed by atoms with Crippen molar-refractivity contribution in [2.75, 3.05) is 5.32 Å². The second-order valence-corrected chi connectivity index (χ2v) is 5.02. The van der Waals surface area contributed by atoms with Gasteiger partial charge in [0.1, 0.15) is 5.52 Å². The van der Waals surface area contributed by atoms with Gasteiger partial charge in [-0.3, -0.25) is 0 Å². The number of hydrogen-bond acceptors (Lipinski definition) is 4. The number of para-hydroxylation sites is 1. The smallest absolute Gasteiger partial charge is 0.243 e. The van der Waals surface area contributed by atoms with E-state index in [-0.39, 0.29) is 0 Å². The fourth-order valence-corrected chi connectivity index (χ4v) is 2.00. The summed E-state index contributed by atoms with van der Waals surface area (Å²) in [5, 5.41) is 11.4. The van der Waals surface area contributed by atoms with Crippen LogP contribution in [0.25, 0.3) is 11.0 Å². The Morgan fingerprint density at radius 2 is 1.63 bits per heavy atom. The highest BCUT2D eigenvalue weighted by Gasteiger charge is 2.00. The van der Waals surface area contributed by atoms with Crippen molar-refractivity contribution in [1.29, 1.82) is 0 Å². The van der Waals surface area contributed by atoms with Gasteiger partial charge in [0.15, 0.2) is 0 Å². The van der Waals surface area contributed by atoms with Gasteiger partial charge in [-0.25, -0.2) is 4.98 Å². The summed E-state index contributed by atoms with van der Waals surface area (Å²) < 4.78 is 1.07. The molecule has 3 aromatic rings. The molecule has 0 aliphatic carbocycles. The van der Waals surface area contributed by atoms with Gasteiger partial charge in [-0.05, 0) is 29.8 Å². The molecule has 0 amide bonds. The molecule has 0 radical (unpaired) electrons. The molecule has 19 heavy (non-hydrogen) atoms. The fourth-order valence-electron chi connectivity index (χ4n) is 1.74. The average molecular weight is 315 g/mol. The van der Waals surface area contributed by atoms with Crippen LogP contribution >= 0.6 is 15.9 Å². The first-order valence-electron chi connectivity index (χ1n) is 5.89. The molecule has 0 saturated carbocycles. The summed E-state index contributed by atoms with van der Waals surface area (Å²) in [6.07, 6.45) is 0. The molecule has 0 aliphatic rings. The molecule has 0 atom stereocenters. The third-order valence-corrected chi connectivity index (χ3v) is 3.25. The van der Waals surface area contributed by atoms with Crippen molar-refractivity contribution in [2.24, 2.45) is 0 Å². The van der Waals surface area contributed by atoms with E-state index in [1.165, 1.54) is 5.56 Å². The maximum absolute atomic E-state index is 4.41. The quantitative estimate of drug-likeness (QED) is 0.805. The molecule has 0 unspecified atom stereocenters. The van der Waals surface area contributed by atoms with Gasteiger partial charge in [0, 0.05) is 11.0 Å². The first-order chi connectivity index (χ1) is 9.31. The average Bonchev–Trinajstić information content (AvgIpc) is 2.46. The predicted molar refractivity (Wildman–Crippen MR) is 78.8 cm³/mol. The number of anilines is 1. The van der Waals surface area contributed by atoms with Gasteiger partial charge < -0.3 is 5.32 Å². The van der Waals surface area contributed by atoms with E-state index in [2.05, 4.69) is 36.4 Å². The van der Waals surface area contributed by atoms with Crippen LogP contribution < -0.4 is 5.32 Å². The summed E-state index contributed by atoms with van der Waals surface area (Å²) in [6, 6.07) is 15.8. The molecule has 0 bridgehead atoms. The Bertz CT molecular complexity index is 697. The summed E-state index contributed by atoms with van der Waals surface area (Å²) in [5.74, 6) is 0.543. The summed E-state index contributed by atoms with van der Waals surface area (Å²) in [4.78, 5) is 4.41. The lowest BCUT2D eigenvalue weighted by Crippen LogP contribution is -2.04. The Balaban J connectivity index is 1.76. The molecular weight excluding hydrogens is 304 g/mol. The highest BCUT2D eigenvalue weighted by molar-refractivity contribution is 9.10. The highest BCUT2D eigenvalue weighted by atomic mass is 79.9. The number of fused-ring (bicyclic) bond motifs is 1. The molecule has 1 N–H and O–H groups in total. The van der Waals surface area contributed by atoms with Crippen molar-refractivity contribution in [3.8, 4) is 0 Å². The van der Waals surface area contributed by atoms with Gasteiger partial charge in [0.2, 0.25) is 5.95 Å². The van der Waals surface area contributed by atoms with Gasteiger partial charge in [-0.1, -0.05) is 40.2 Å². The lowest BCUT2D eigenvalue weighted by Gasteiger charge is -2.05. The Kier molecular flexibility index (Phi) is 3.37. The zero-order valence-electron chi connectivity index (χ0n) is 10.0. The number of halogens is 1. The predicted octanol–water partition coefficient (Wildman–Crippen LogP) is 3.40. The van der Waals surface area contributed by atoms with Crippen LogP contribution in [-0.4, -0.2) is 15.2 Å². The van der Waals surface area contributed by atoms with E-state index in [9.17, 15) is 0 Å². The Morgan fingerprint density at radius 3 is 2.42 bits per heavy atom. The number of nitrogens with zero attached hydrogens (tertiary/aromatic N) is 3. The molecule has 5 heteroatoms. The van der Waals surface area contributed by atoms with Crippen LogP contribution in [0.5, 0.6) is 0 Å². The Morgan fingerprint density at radius 1 is 0.895 bits per heavy atom. The van der Waals surface area contributed by atoms with Crippen molar-refractivity contribution < 1.29 is 0 Å². The minimum Gasteiger partial charge on any atom is -0.349 e. The lowest BCUT2D eigenvalue weighted by atomic mass is 10.2. The van der Waals surface area contributed by atoms with Crippen LogP contribution in [0.15, 0.2) is 53.0 Å². The SMILES string of the molecule is Brc1ccc(CNc2nnc3ccccc3n2)cc1. The van der Waals surface area contributed by atoms with E-state index < -0.39 is 0 Å². The molecule has 1 aromatic heterocycles. The monoisotopic (exact) mass is 314 g/mol. The molecule has 3 rings (SSSR count). The first-order valence-corrected chi connectivity index (χ1v) is 6.68. The summed E-state index contributed by atoms with van der Waals surface area (Å²) in [5.41, 5.74) is 2.81. The Labute approximate surface area is 119 Å². The van der Waals surface area contributed by atoms with E-state index >= 15 is 0 Å². The van der Waals surface area contributed by atoms with Crippen LogP contribution in [0.3, 0.4) is 0 Å². The number of hydrogen-bond donors (Lipinski definition) is 1. The molecule has 94 valence electrons. The molecule has 0 saturated heterocycles. The minimum absolute atomic E-state index is 0.543. The number of nitrogens with one attached hydrogen (secondary N) is 1. The second-order valence-electron chi connectivity index (χ2n) is 4.10. The minimum atomic E-state index is 0.543. The standard InChI is InChI=1S/C14H11BrN4/c15-11-7-5-10(6-8-11)9-16-14-17-12-3-1-2-4-13(12)18-19-14/h1-8H,9H2,(H,16,17,19). The number of aromatic nitrogens is 3. The van der Waals surface area contributed by atoms with Crippen molar-refractivity contribution in [3.05, 3.63) is 58.6 Å². The first kappa shape index (κ1) is 12.0. The highest BCUT2D eigenvalue weighted by Crippen LogP contribution is 2.12. The normalized spacial score (nSPS) is 10.6. The van der Waals surface area contributed by atoms with Crippen LogP contribution in [0, 0.1) is 0 Å². The number of benzene rings is 2. The zero-order chi connectivity index (χ0) is 13.1. The molecule has 4 nitrogen and oxygen atoms in total. The third-order valence-electron chi connectivity index (χ3n) is 2.72. The third kappa shape index (κ3) is 2.88. The largest absolute Gasteiger partial charge is 0.349 e. The second kappa shape index (κ2) is 5.32. The van der Waals surface area contributed by atoms with E-state index in [1.54, 1.807) is 0 Å². The molecule has 0 fully saturated rings. The van der Waals surface area contributed by atoms with Crippen LogP contribution in [-0.2, 0) is 6.54 Å². The molecular formula is C14H11BrN4. The fraction of sp³-hybridized carbons (Fsp3) is 0.0714. The van der Waals surface area contributed by atoms with Crippen LogP contribution in [0.4, 0.5) is 5.95 Å². The van der Waals surface area contributed by atoms with Crippen LogP contribution in [0.2, 0.25) is 0 Å². The molecule has 1 heterocycles.